The Balaban J connectivity index is 2.67. The maximum Gasteiger partial charge on any atom is 0.255 e. The fourth-order valence-electron chi connectivity index (χ4n) is 2.66. The third-order valence-electron chi connectivity index (χ3n) is 3.68. The molecule has 1 heterocycles. The average molecular weight is 284 g/mol. The molecule has 0 saturated heterocycles. The smallest absolute Gasteiger partial charge is 0.255 e. The summed E-state index contributed by atoms with van der Waals surface area (Å²) >= 11 is 0. The third kappa shape index (κ3) is 3.24. The Labute approximate surface area is 126 Å². The summed E-state index contributed by atoms with van der Waals surface area (Å²) in [6.07, 6.45) is 0. The van der Waals surface area contributed by atoms with E-state index in [1.54, 1.807) is 0 Å². The molecular formula is C18H24N2O. The van der Waals surface area contributed by atoms with Crippen molar-refractivity contribution in [2.24, 2.45) is 11.7 Å². The van der Waals surface area contributed by atoms with Crippen molar-refractivity contribution in [1.82, 2.24) is 4.57 Å². The van der Waals surface area contributed by atoms with E-state index in [1.165, 1.54) is 11.1 Å². The molecule has 2 aromatic rings. The molecule has 0 aliphatic carbocycles. The highest BCUT2D eigenvalue weighted by Crippen LogP contribution is 2.24. The number of aromatic nitrogens is 1. The summed E-state index contributed by atoms with van der Waals surface area (Å²) in [5.74, 6) is 0.403. The zero-order valence-electron chi connectivity index (χ0n) is 13.3. The molecule has 0 fully saturated rings. The Morgan fingerprint density at radius 1 is 1.14 bits per heavy atom. The van der Waals surface area contributed by atoms with Crippen LogP contribution in [0, 0.1) is 19.8 Å². The van der Waals surface area contributed by atoms with Crippen LogP contribution in [0.5, 0.6) is 0 Å². The van der Waals surface area contributed by atoms with E-state index < -0.39 is 0 Å². The van der Waals surface area contributed by atoms with Gasteiger partial charge in [-0.3, -0.25) is 4.79 Å². The molecule has 0 amide bonds. The number of pyridine rings is 1. The molecule has 2 N–H and O–H groups in total. The normalized spacial score (nSPS) is 11.1. The maximum absolute atomic E-state index is 12.6. The van der Waals surface area contributed by atoms with Gasteiger partial charge in [-0.2, -0.15) is 0 Å². The molecule has 0 aliphatic rings. The lowest BCUT2D eigenvalue weighted by Crippen LogP contribution is -2.28. The van der Waals surface area contributed by atoms with Gasteiger partial charge in [-0.1, -0.05) is 43.7 Å². The maximum atomic E-state index is 12.6. The lowest BCUT2D eigenvalue weighted by atomic mass is 10.0. The fraction of sp³-hybridized carbons (Fsp3) is 0.389. The molecule has 21 heavy (non-hydrogen) atoms. The van der Waals surface area contributed by atoms with Crippen LogP contribution in [0.3, 0.4) is 0 Å². The van der Waals surface area contributed by atoms with E-state index in [0.717, 1.165) is 11.3 Å². The van der Waals surface area contributed by atoms with Crippen molar-refractivity contribution in [2.45, 2.75) is 40.8 Å². The van der Waals surface area contributed by atoms with Gasteiger partial charge in [0.2, 0.25) is 0 Å². The van der Waals surface area contributed by atoms with Crippen molar-refractivity contribution in [2.75, 3.05) is 0 Å². The average Bonchev–Trinajstić information content (AvgIpc) is 2.41. The predicted molar refractivity (Wildman–Crippen MR) is 88.3 cm³/mol. The van der Waals surface area contributed by atoms with Gasteiger partial charge in [0, 0.05) is 24.2 Å². The highest BCUT2D eigenvalue weighted by atomic mass is 16.1. The third-order valence-corrected chi connectivity index (χ3v) is 3.68. The zero-order chi connectivity index (χ0) is 15.6. The molecule has 1 aromatic heterocycles. The van der Waals surface area contributed by atoms with Gasteiger partial charge in [-0.15, -0.1) is 0 Å². The fourth-order valence-corrected chi connectivity index (χ4v) is 2.66. The molecule has 112 valence electrons. The highest BCUT2D eigenvalue weighted by Gasteiger charge is 2.12. The van der Waals surface area contributed by atoms with E-state index in [4.69, 9.17) is 5.73 Å². The number of hydrogen-bond donors (Lipinski definition) is 1. The molecule has 3 nitrogen and oxygen atoms in total. The minimum absolute atomic E-state index is 0.0312. The van der Waals surface area contributed by atoms with E-state index in [-0.39, 0.29) is 12.1 Å². The zero-order valence-corrected chi connectivity index (χ0v) is 13.3. The second-order valence-electron chi connectivity index (χ2n) is 6.08. The van der Waals surface area contributed by atoms with Crippen molar-refractivity contribution in [1.29, 1.82) is 0 Å². The first-order valence-corrected chi connectivity index (χ1v) is 7.44. The molecule has 2 rings (SSSR count). The van der Waals surface area contributed by atoms with E-state index in [1.807, 2.05) is 16.7 Å². The lowest BCUT2D eigenvalue weighted by molar-refractivity contribution is 0.512. The molecule has 0 bridgehead atoms. The molecule has 3 heteroatoms. The summed E-state index contributed by atoms with van der Waals surface area (Å²) < 4.78 is 1.87. The van der Waals surface area contributed by atoms with Crippen LogP contribution in [0.15, 0.2) is 35.1 Å². The van der Waals surface area contributed by atoms with Crippen molar-refractivity contribution in [3.63, 3.8) is 0 Å². The number of rotatable bonds is 4. The molecule has 0 radical (unpaired) electrons. The standard InChI is InChI=1S/C18H24N2O/c1-12(2)11-20-17(8-6-15(10-19)18(20)21)16-7-5-13(3)9-14(16)4/h5-9,12H,10-11,19H2,1-4H3. The number of aryl methyl sites for hydroxylation is 2. The first-order valence-electron chi connectivity index (χ1n) is 7.44. The number of nitrogens with two attached hydrogens (primary N) is 1. The van der Waals surface area contributed by atoms with E-state index in [2.05, 4.69) is 45.9 Å². The second kappa shape index (κ2) is 6.27. The Bertz CT molecular complexity index is 699. The number of nitrogens with zero attached hydrogens (tertiary/aromatic N) is 1. The molecular weight excluding hydrogens is 260 g/mol. The second-order valence-corrected chi connectivity index (χ2v) is 6.08. The van der Waals surface area contributed by atoms with Gasteiger partial charge in [-0.05, 0) is 31.4 Å². The Morgan fingerprint density at radius 3 is 2.43 bits per heavy atom. The number of benzene rings is 1. The van der Waals surface area contributed by atoms with Crippen molar-refractivity contribution in [3.05, 3.63) is 57.4 Å². The van der Waals surface area contributed by atoms with E-state index in [9.17, 15) is 4.79 Å². The Morgan fingerprint density at radius 2 is 1.86 bits per heavy atom. The quantitative estimate of drug-likeness (QED) is 0.937. The summed E-state index contributed by atoms with van der Waals surface area (Å²) in [7, 11) is 0. The molecule has 0 aliphatic heterocycles. The monoisotopic (exact) mass is 284 g/mol. The van der Waals surface area contributed by atoms with Crippen molar-refractivity contribution < 1.29 is 0 Å². The van der Waals surface area contributed by atoms with Gasteiger partial charge < -0.3 is 10.3 Å². The Kier molecular flexibility index (Phi) is 4.63. The minimum Gasteiger partial charge on any atom is -0.326 e. The topological polar surface area (TPSA) is 48.0 Å². The van der Waals surface area contributed by atoms with Gasteiger partial charge in [0.15, 0.2) is 0 Å². The van der Waals surface area contributed by atoms with Crippen LogP contribution in [0.2, 0.25) is 0 Å². The minimum atomic E-state index is 0.0312. The van der Waals surface area contributed by atoms with Crippen LogP contribution in [0.4, 0.5) is 0 Å². The summed E-state index contributed by atoms with van der Waals surface area (Å²) in [6, 6.07) is 10.2. The van der Waals surface area contributed by atoms with Crippen LogP contribution in [0.25, 0.3) is 11.3 Å². The molecule has 0 saturated carbocycles. The first-order chi connectivity index (χ1) is 9.93. The summed E-state index contributed by atoms with van der Waals surface area (Å²) in [5.41, 5.74) is 10.9. The van der Waals surface area contributed by atoms with Gasteiger partial charge in [0.1, 0.15) is 0 Å². The van der Waals surface area contributed by atoms with Crippen LogP contribution >= 0.6 is 0 Å². The predicted octanol–water partition coefficient (Wildman–Crippen LogP) is 3.25. The molecule has 0 atom stereocenters. The van der Waals surface area contributed by atoms with Gasteiger partial charge in [0.25, 0.3) is 5.56 Å². The van der Waals surface area contributed by atoms with Crippen LogP contribution in [-0.4, -0.2) is 4.57 Å². The molecule has 1 aromatic carbocycles. The molecule has 0 spiro atoms. The van der Waals surface area contributed by atoms with E-state index >= 15 is 0 Å². The highest BCUT2D eigenvalue weighted by molar-refractivity contribution is 5.64. The van der Waals surface area contributed by atoms with Crippen LogP contribution < -0.4 is 11.3 Å². The first kappa shape index (κ1) is 15.5. The van der Waals surface area contributed by atoms with Crippen molar-refractivity contribution in [3.8, 4) is 11.3 Å². The van der Waals surface area contributed by atoms with Crippen LogP contribution in [-0.2, 0) is 13.1 Å². The lowest BCUT2D eigenvalue weighted by Gasteiger charge is -2.18. The summed E-state index contributed by atoms with van der Waals surface area (Å²) in [5, 5.41) is 0. The molecule has 0 unspecified atom stereocenters. The van der Waals surface area contributed by atoms with Crippen LogP contribution in [0.1, 0.15) is 30.5 Å². The van der Waals surface area contributed by atoms with Gasteiger partial charge in [-0.25, -0.2) is 0 Å². The summed E-state index contributed by atoms with van der Waals surface area (Å²) in [4.78, 5) is 12.6. The van der Waals surface area contributed by atoms with Crippen molar-refractivity contribution >= 4 is 0 Å². The van der Waals surface area contributed by atoms with Gasteiger partial charge >= 0.3 is 0 Å². The SMILES string of the molecule is Cc1ccc(-c2ccc(CN)c(=O)n2CC(C)C)c(C)c1. The Hall–Kier alpha value is -1.87. The summed E-state index contributed by atoms with van der Waals surface area (Å²) in [6.45, 7) is 9.39. The van der Waals surface area contributed by atoms with E-state index in [0.29, 0.717) is 18.0 Å². The largest absolute Gasteiger partial charge is 0.326 e. The number of hydrogen-bond acceptors (Lipinski definition) is 2. The van der Waals surface area contributed by atoms with Gasteiger partial charge in [0.05, 0.1) is 5.69 Å².